The van der Waals surface area contributed by atoms with Gasteiger partial charge in [-0.2, -0.15) is 0 Å². The molecule has 1 aromatic carbocycles. The molecule has 6 rings (SSSR count). The van der Waals surface area contributed by atoms with Crippen LogP contribution in [0.4, 0.5) is 0 Å². The molecule has 0 aliphatic heterocycles. The van der Waals surface area contributed by atoms with Gasteiger partial charge in [0.2, 0.25) is 0 Å². The van der Waals surface area contributed by atoms with Gasteiger partial charge in [0, 0.05) is 22.5 Å². The van der Waals surface area contributed by atoms with Gasteiger partial charge in [-0.1, -0.05) is 24.6 Å². The lowest BCUT2D eigenvalue weighted by Crippen LogP contribution is -2.30. The second-order valence-corrected chi connectivity index (χ2v) is 11.5. The summed E-state index contributed by atoms with van der Waals surface area (Å²) in [5, 5.41) is 4.08. The normalized spacial score (nSPS) is 20.6. The standard InChI is InChI=1S/C33H32N4O2S/c1-21-6-4-11-29(37-21)32-31(35-20-36-32)25-13-12-23-8-2-3-9-24(15-26(23)16-25)27-17-30(40-19-27)33(38)39-18-22-7-5-10-28(34)14-22/h2,4,6,9,11-13,15-17,19-20,22,28H,3,5,7,10,14,18,34H2,1H3,(H,35,36)/b24-9+,26-15-/t8?,22-,28-/m1/s1. The molecule has 0 spiro atoms. The van der Waals surface area contributed by atoms with E-state index in [1.165, 1.54) is 11.3 Å². The molecule has 3 heterocycles. The Labute approximate surface area is 237 Å². The van der Waals surface area contributed by atoms with Crippen LogP contribution in [0.15, 0.2) is 66.3 Å². The van der Waals surface area contributed by atoms with Crippen molar-refractivity contribution in [1.82, 2.24) is 15.0 Å². The van der Waals surface area contributed by atoms with Gasteiger partial charge in [0.15, 0.2) is 0 Å². The Kier molecular flexibility index (Phi) is 7.60. The van der Waals surface area contributed by atoms with E-state index >= 15 is 0 Å². The van der Waals surface area contributed by atoms with Crippen LogP contribution in [0.1, 0.15) is 53.0 Å². The predicted molar refractivity (Wildman–Crippen MR) is 161 cm³/mol. The molecule has 7 heteroatoms. The number of carbonyl (C=O) groups excluding carboxylic acids is 1. The number of rotatable bonds is 6. The Hall–Kier alpha value is -4.03. The Morgan fingerprint density at radius 2 is 2.12 bits per heavy atom. The fourth-order valence-corrected chi connectivity index (χ4v) is 6.29. The average Bonchev–Trinajstić information content (AvgIpc) is 3.63. The van der Waals surface area contributed by atoms with Crippen LogP contribution in [-0.4, -0.2) is 33.6 Å². The van der Waals surface area contributed by atoms with Crippen molar-refractivity contribution in [3.05, 3.63) is 92.9 Å². The number of nitrogens with one attached hydrogen (secondary N) is 1. The van der Waals surface area contributed by atoms with Gasteiger partial charge < -0.3 is 15.5 Å². The highest BCUT2D eigenvalue weighted by molar-refractivity contribution is 7.12. The van der Waals surface area contributed by atoms with Crippen LogP contribution in [0.2, 0.25) is 0 Å². The second-order valence-electron chi connectivity index (χ2n) is 10.6. The third kappa shape index (κ3) is 5.77. The number of benzene rings is 1. The number of nitrogens with zero attached hydrogens (tertiary/aromatic N) is 2. The lowest BCUT2D eigenvalue weighted by Gasteiger charge is -2.25. The number of imidazole rings is 1. The first kappa shape index (κ1) is 26.2. The Balaban J connectivity index is 1.27. The summed E-state index contributed by atoms with van der Waals surface area (Å²) in [5.74, 6) is 0.104. The van der Waals surface area contributed by atoms with Crippen molar-refractivity contribution in [2.75, 3.05) is 6.61 Å². The Morgan fingerprint density at radius 1 is 1.20 bits per heavy atom. The van der Waals surface area contributed by atoms with E-state index in [4.69, 9.17) is 10.5 Å². The van der Waals surface area contributed by atoms with Gasteiger partial charge in [0.25, 0.3) is 0 Å². The fraction of sp³-hybridized carbons (Fsp3) is 0.273. The number of aryl methyl sites for hydroxylation is 1. The molecule has 4 aromatic rings. The number of thiophene rings is 1. The molecule has 0 saturated heterocycles. The maximum absolute atomic E-state index is 12.8. The quantitative estimate of drug-likeness (QED) is 0.315. The largest absolute Gasteiger partial charge is 0.461 e. The zero-order chi connectivity index (χ0) is 27.5. The minimum absolute atomic E-state index is 0.223. The minimum atomic E-state index is -0.256. The van der Waals surface area contributed by atoms with Crippen molar-refractivity contribution in [2.45, 2.75) is 45.1 Å². The van der Waals surface area contributed by atoms with E-state index in [9.17, 15) is 4.79 Å². The summed E-state index contributed by atoms with van der Waals surface area (Å²) in [6.45, 7) is 2.43. The number of carbonyl (C=O) groups is 1. The number of fused-ring (bicyclic) bond motifs is 1. The van der Waals surface area contributed by atoms with Gasteiger partial charge in [-0.15, -0.1) is 17.1 Å². The fourth-order valence-electron chi connectivity index (χ4n) is 5.48. The highest BCUT2D eigenvalue weighted by Gasteiger charge is 2.21. The Morgan fingerprint density at radius 3 is 3.00 bits per heavy atom. The van der Waals surface area contributed by atoms with Crippen molar-refractivity contribution >= 4 is 34.7 Å². The number of allylic oxidation sites excluding steroid dienone is 3. The molecule has 202 valence electrons. The summed E-state index contributed by atoms with van der Waals surface area (Å²) in [5.41, 5.74) is 16.1. The summed E-state index contributed by atoms with van der Waals surface area (Å²) >= 11 is 1.43. The van der Waals surface area contributed by atoms with Crippen LogP contribution in [0.3, 0.4) is 0 Å². The van der Waals surface area contributed by atoms with Crippen LogP contribution in [-0.2, 0) is 4.74 Å². The molecular formula is C33H32N4O2S. The number of aromatic nitrogens is 3. The van der Waals surface area contributed by atoms with Crippen LogP contribution in [0, 0.1) is 12.8 Å². The molecule has 3 N–H and O–H groups in total. The first-order valence-corrected chi connectivity index (χ1v) is 14.7. The van der Waals surface area contributed by atoms with Crippen molar-refractivity contribution < 1.29 is 9.53 Å². The molecule has 2 atom stereocenters. The molecule has 0 amide bonds. The van der Waals surface area contributed by atoms with Crippen LogP contribution in [0.5, 0.6) is 0 Å². The molecule has 0 bridgehead atoms. The van der Waals surface area contributed by atoms with E-state index in [2.05, 4.69) is 51.0 Å². The maximum Gasteiger partial charge on any atom is 0.348 e. The van der Waals surface area contributed by atoms with E-state index < -0.39 is 0 Å². The van der Waals surface area contributed by atoms with Gasteiger partial charge in [-0.25, -0.2) is 9.78 Å². The van der Waals surface area contributed by atoms with Gasteiger partial charge >= 0.3 is 5.97 Å². The smallest absolute Gasteiger partial charge is 0.348 e. The topological polar surface area (TPSA) is 93.9 Å². The summed E-state index contributed by atoms with van der Waals surface area (Å²) in [7, 11) is 0. The zero-order valence-electron chi connectivity index (χ0n) is 22.5. The number of ether oxygens (including phenoxy) is 1. The number of pyridine rings is 1. The number of H-pyrrole nitrogens is 1. The molecule has 1 fully saturated rings. The predicted octanol–water partition coefficient (Wildman–Crippen LogP) is 5.39. The van der Waals surface area contributed by atoms with E-state index in [0.29, 0.717) is 17.4 Å². The lowest BCUT2D eigenvalue weighted by molar-refractivity contribution is 0.0408. The number of hydrogen-bond acceptors (Lipinski definition) is 6. The monoisotopic (exact) mass is 548 g/mol. The average molecular weight is 549 g/mol. The van der Waals surface area contributed by atoms with Gasteiger partial charge in [-0.3, -0.25) is 4.98 Å². The van der Waals surface area contributed by atoms with E-state index in [0.717, 1.165) is 82.0 Å². The lowest BCUT2D eigenvalue weighted by atomic mass is 9.87. The van der Waals surface area contributed by atoms with Crippen LogP contribution < -0.4 is 16.2 Å². The third-order valence-electron chi connectivity index (χ3n) is 7.54. The third-order valence-corrected chi connectivity index (χ3v) is 8.45. The van der Waals surface area contributed by atoms with Crippen molar-refractivity contribution in [3.63, 3.8) is 0 Å². The molecule has 40 heavy (non-hydrogen) atoms. The highest BCUT2D eigenvalue weighted by atomic mass is 32.1. The summed E-state index contributed by atoms with van der Waals surface area (Å²) in [6, 6.07) is 14.4. The molecule has 0 unspecified atom stereocenters. The number of nitrogens with two attached hydrogens (primary N) is 1. The second kappa shape index (κ2) is 11.6. The first-order chi connectivity index (χ1) is 19.5. The van der Waals surface area contributed by atoms with Crippen molar-refractivity contribution in [1.29, 1.82) is 0 Å². The number of hydrogen-bond donors (Lipinski definition) is 2. The molecule has 6 nitrogen and oxygen atoms in total. The molecule has 2 aliphatic carbocycles. The van der Waals surface area contributed by atoms with Gasteiger partial charge in [0.1, 0.15) is 4.88 Å². The minimum Gasteiger partial charge on any atom is -0.461 e. The highest BCUT2D eigenvalue weighted by Crippen LogP contribution is 2.28. The molecule has 3 aromatic heterocycles. The van der Waals surface area contributed by atoms with E-state index in [1.807, 2.05) is 42.6 Å². The van der Waals surface area contributed by atoms with Crippen molar-refractivity contribution in [3.8, 4) is 22.6 Å². The summed E-state index contributed by atoms with van der Waals surface area (Å²) < 4.78 is 5.68. The van der Waals surface area contributed by atoms with Crippen LogP contribution >= 0.6 is 11.3 Å². The number of esters is 1. The van der Waals surface area contributed by atoms with Crippen molar-refractivity contribution in [2.24, 2.45) is 11.7 Å². The van der Waals surface area contributed by atoms with Gasteiger partial charge in [0.05, 0.1) is 30.0 Å². The van der Waals surface area contributed by atoms with Crippen LogP contribution in [0.25, 0.3) is 40.0 Å². The molecule has 2 aliphatic rings. The molecule has 0 radical (unpaired) electrons. The first-order valence-electron chi connectivity index (χ1n) is 13.8. The zero-order valence-corrected chi connectivity index (χ0v) is 23.3. The maximum atomic E-state index is 12.8. The molecule has 1 saturated carbocycles. The van der Waals surface area contributed by atoms with E-state index in [1.54, 1.807) is 6.33 Å². The van der Waals surface area contributed by atoms with Gasteiger partial charge in [-0.05, 0) is 103 Å². The summed E-state index contributed by atoms with van der Waals surface area (Å²) in [4.78, 5) is 26.0. The Bertz CT molecular complexity index is 1740. The van der Waals surface area contributed by atoms with E-state index in [-0.39, 0.29) is 12.0 Å². The number of aromatic amines is 1. The SMILES string of the molecule is Cc1cccc(-c2[nH]cnc2-c2ccc3/c(c2)=C\C(c2csc(C(=O)OC[C@@H]4CCC[C@@H](N)C4)c2)=C/CC=C=3)n1. The summed E-state index contributed by atoms with van der Waals surface area (Å²) in [6.07, 6.45) is 13.0. The molecular weight excluding hydrogens is 516 g/mol.